The first kappa shape index (κ1) is 9.21. The fourth-order valence-electron chi connectivity index (χ4n) is 1.78. The van der Waals surface area contributed by atoms with E-state index in [0.717, 1.165) is 12.8 Å². The van der Waals surface area contributed by atoms with Gasteiger partial charge in [0.1, 0.15) is 11.3 Å². The van der Waals surface area contributed by atoms with E-state index in [1.165, 1.54) is 12.1 Å². The summed E-state index contributed by atoms with van der Waals surface area (Å²) in [5.74, 6) is -1.12. The van der Waals surface area contributed by atoms with Crippen molar-refractivity contribution < 1.29 is 15.0 Å². The lowest BCUT2D eigenvalue weighted by Gasteiger charge is -1.96. The summed E-state index contributed by atoms with van der Waals surface area (Å²) < 4.78 is 1.80. The zero-order valence-electron chi connectivity index (χ0n) is 8.42. The number of carbonyl (C=O) groups is 1. The number of fused-ring (bicyclic) bond motifs is 1. The normalized spacial score (nSPS) is 15.5. The molecule has 0 saturated heterocycles. The Morgan fingerprint density at radius 2 is 2.19 bits per heavy atom. The zero-order valence-corrected chi connectivity index (χ0v) is 8.42. The second kappa shape index (κ2) is 2.98. The minimum atomic E-state index is -1.05. The molecule has 0 unspecified atom stereocenters. The van der Waals surface area contributed by atoms with Crippen LogP contribution in [0, 0.1) is 0 Å². The van der Waals surface area contributed by atoms with Crippen LogP contribution < -0.4 is 0 Å². The Bertz CT molecular complexity index is 584. The molecule has 2 N–H and O–H groups in total. The molecule has 1 aromatic heterocycles. The first-order valence-electron chi connectivity index (χ1n) is 5.10. The van der Waals surface area contributed by atoms with Crippen LogP contribution in [0.1, 0.15) is 29.2 Å². The fraction of sp³-hybridized carbons (Fsp3) is 0.273. The van der Waals surface area contributed by atoms with E-state index >= 15 is 0 Å². The molecule has 5 nitrogen and oxygen atoms in total. The highest BCUT2D eigenvalue weighted by Gasteiger charge is 2.25. The molecule has 0 bridgehead atoms. The van der Waals surface area contributed by atoms with Gasteiger partial charge in [-0.15, -0.1) is 0 Å². The predicted octanol–water partition coefficient (Wildman–Crippen LogP) is 1.77. The van der Waals surface area contributed by atoms with Crippen LogP contribution in [-0.4, -0.2) is 26.0 Å². The molecule has 0 amide bonds. The number of aromatic carboxylic acids is 1. The van der Waals surface area contributed by atoms with E-state index in [2.05, 4.69) is 5.10 Å². The molecular formula is C11H10N2O3. The summed E-state index contributed by atoms with van der Waals surface area (Å²) in [7, 11) is 0. The third-order valence-electron chi connectivity index (χ3n) is 2.77. The fourth-order valence-corrected chi connectivity index (χ4v) is 1.78. The van der Waals surface area contributed by atoms with Crippen LogP contribution in [0.15, 0.2) is 18.3 Å². The van der Waals surface area contributed by atoms with Crippen LogP contribution in [0.5, 0.6) is 5.75 Å². The summed E-state index contributed by atoms with van der Waals surface area (Å²) in [4.78, 5) is 10.8. The van der Waals surface area contributed by atoms with Crippen LogP contribution in [0.25, 0.3) is 10.9 Å². The van der Waals surface area contributed by atoms with E-state index in [1.54, 1.807) is 10.9 Å². The molecule has 1 aromatic carbocycles. The third kappa shape index (κ3) is 1.32. The molecule has 3 rings (SSSR count). The van der Waals surface area contributed by atoms with Crippen LogP contribution in [0.4, 0.5) is 0 Å². The molecular weight excluding hydrogens is 208 g/mol. The predicted molar refractivity (Wildman–Crippen MR) is 56.6 cm³/mol. The van der Waals surface area contributed by atoms with E-state index in [1.807, 2.05) is 0 Å². The molecule has 1 aliphatic rings. The van der Waals surface area contributed by atoms with Gasteiger partial charge in [-0.05, 0) is 25.0 Å². The van der Waals surface area contributed by atoms with Crippen molar-refractivity contribution in [2.45, 2.75) is 18.9 Å². The number of phenolic OH excluding ortho intramolecular Hbond substituents is 1. The van der Waals surface area contributed by atoms with Gasteiger partial charge in [0.05, 0.1) is 11.6 Å². The SMILES string of the molecule is O=C(O)c1cc(O)c2nn(C3CC3)cc2c1. The van der Waals surface area contributed by atoms with Crippen LogP contribution in [0.2, 0.25) is 0 Å². The van der Waals surface area contributed by atoms with Gasteiger partial charge in [0.15, 0.2) is 0 Å². The van der Waals surface area contributed by atoms with Crippen molar-refractivity contribution in [1.29, 1.82) is 0 Å². The number of hydrogen-bond donors (Lipinski definition) is 2. The quantitative estimate of drug-likeness (QED) is 0.805. The highest BCUT2D eigenvalue weighted by molar-refractivity contribution is 5.95. The zero-order chi connectivity index (χ0) is 11.3. The largest absolute Gasteiger partial charge is 0.506 e. The number of carboxylic acids is 1. The van der Waals surface area contributed by atoms with Gasteiger partial charge in [-0.3, -0.25) is 4.68 Å². The van der Waals surface area contributed by atoms with Crippen molar-refractivity contribution in [3.63, 3.8) is 0 Å². The Labute approximate surface area is 90.9 Å². The second-order valence-corrected chi connectivity index (χ2v) is 4.08. The summed E-state index contributed by atoms with van der Waals surface area (Å²) in [6.45, 7) is 0. The number of aromatic nitrogens is 2. The smallest absolute Gasteiger partial charge is 0.335 e. The standard InChI is InChI=1S/C11H10N2O3/c14-9-4-6(11(15)16)3-7-5-13(8-1-2-8)12-10(7)9/h3-5,8,14H,1-2H2,(H,15,16). The Kier molecular flexibility index (Phi) is 1.71. The maximum atomic E-state index is 10.8. The average Bonchev–Trinajstić information content (AvgIpc) is 2.98. The summed E-state index contributed by atoms with van der Waals surface area (Å²) in [5, 5.41) is 23.5. The Hall–Kier alpha value is -2.04. The Morgan fingerprint density at radius 3 is 2.81 bits per heavy atom. The molecule has 1 aliphatic carbocycles. The summed E-state index contributed by atoms with van der Waals surface area (Å²) >= 11 is 0. The minimum absolute atomic E-state index is 0.0747. The van der Waals surface area contributed by atoms with Crippen molar-refractivity contribution in [1.82, 2.24) is 9.78 Å². The lowest BCUT2D eigenvalue weighted by molar-refractivity contribution is 0.0696. The van der Waals surface area contributed by atoms with E-state index in [0.29, 0.717) is 16.9 Å². The second-order valence-electron chi connectivity index (χ2n) is 4.08. The molecule has 2 aromatic rings. The number of nitrogens with zero attached hydrogens (tertiary/aromatic N) is 2. The number of carboxylic acid groups (broad SMARTS) is 1. The molecule has 82 valence electrons. The number of rotatable bonds is 2. The van der Waals surface area contributed by atoms with Crippen LogP contribution in [-0.2, 0) is 0 Å². The van der Waals surface area contributed by atoms with Crippen molar-refractivity contribution in [3.05, 3.63) is 23.9 Å². The maximum absolute atomic E-state index is 10.8. The summed E-state index contributed by atoms with van der Waals surface area (Å²) in [6.07, 6.45) is 3.99. The molecule has 0 radical (unpaired) electrons. The summed E-state index contributed by atoms with van der Waals surface area (Å²) in [5.41, 5.74) is 0.553. The molecule has 1 saturated carbocycles. The topological polar surface area (TPSA) is 75.3 Å². The van der Waals surface area contributed by atoms with Crippen molar-refractivity contribution in [2.75, 3.05) is 0 Å². The number of benzene rings is 1. The van der Waals surface area contributed by atoms with E-state index in [4.69, 9.17) is 5.11 Å². The van der Waals surface area contributed by atoms with Gasteiger partial charge in [0, 0.05) is 11.6 Å². The number of aromatic hydroxyl groups is 1. The molecule has 0 spiro atoms. The van der Waals surface area contributed by atoms with Gasteiger partial charge < -0.3 is 10.2 Å². The lowest BCUT2D eigenvalue weighted by Crippen LogP contribution is -1.95. The maximum Gasteiger partial charge on any atom is 0.335 e. The van der Waals surface area contributed by atoms with Crippen molar-refractivity contribution >= 4 is 16.9 Å². The lowest BCUT2D eigenvalue weighted by atomic mass is 10.1. The van der Waals surface area contributed by atoms with Gasteiger partial charge in [0.2, 0.25) is 0 Å². The highest BCUT2D eigenvalue weighted by atomic mass is 16.4. The number of phenols is 1. The molecule has 16 heavy (non-hydrogen) atoms. The van der Waals surface area contributed by atoms with Crippen LogP contribution >= 0.6 is 0 Å². The van der Waals surface area contributed by atoms with Crippen LogP contribution in [0.3, 0.4) is 0 Å². The minimum Gasteiger partial charge on any atom is -0.506 e. The van der Waals surface area contributed by atoms with Gasteiger partial charge in [-0.25, -0.2) is 4.79 Å². The molecule has 1 fully saturated rings. The van der Waals surface area contributed by atoms with E-state index < -0.39 is 5.97 Å². The van der Waals surface area contributed by atoms with Gasteiger partial charge in [0.25, 0.3) is 0 Å². The monoisotopic (exact) mass is 218 g/mol. The van der Waals surface area contributed by atoms with E-state index in [9.17, 15) is 9.90 Å². The molecule has 0 aliphatic heterocycles. The van der Waals surface area contributed by atoms with E-state index in [-0.39, 0.29) is 11.3 Å². The highest BCUT2D eigenvalue weighted by Crippen LogP contribution is 2.36. The van der Waals surface area contributed by atoms with Crippen molar-refractivity contribution in [2.24, 2.45) is 0 Å². The number of hydrogen-bond acceptors (Lipinski definition) is 3. The molecule has 5 heteroatoms. The van der Waals surface area contributed by atoms with Gasteiger partial charge in [-0.2, -0.15) is 5.10 Å². The third-order valence-corrected chi connectivity index (χ3v) is 2.77. The molecule has 0 atom stereocenters. The first-order valence-corrected chi connectivity index (χ1v) is 5.10. The first-order chi connectivity index (χ1) is 7.65. The average molecular weight is 218 g/mol. The summed E-state index contributed by atoms with van der Waals surface area (Å²) in [6, 6.07) is 3.18. The van der Waals surface area contributed by atoms with Gasteiger partial charge >= 0.3 is 5.97 Å². The van der Waals surface area contributed by atoms with Crippen molar-refractivity contribution in [3.8, 4) is 5.75 Å². The Morgan fingerprint density at radius 1 is 1.44 bits per heavy atom. The Balaban J connectivity index is 2.21. The molecule has 1 heterocycles. The van der Waals surface area contributed by atoms with Gasteiger partial charge in [-0.1, -0.05) is 0 Å².